The maximum absolute atomic E-state index is 12.5. The summed E-state index contributed by atoms with van der Waals surface area (Å²) in [6.45, 7) is 2.38. The third kappa shape index (κ3) is 3.58. The molecule has 0 spiro atoms. The van der Waals surface area contributed by atoms with Gasteiger partial charge >= 0.3 is 0 Å². The van der Waals surface area contributed by atoms with Crippen LogP contribution in [0.2, 0.25) is 0 Å². The van der Waals surface area contributed by atoms with Crippen LogP contribution >= 0.6 is 0 Å². The van der Waals surface area contributed by atoms with Crippen LogP contribution in [0.25, 0.3) is 10.9 Å². The van der Waals surface area contributed by atoms with Crippen LogP contribution in [-0.2, 0) is 13.6 Å². The van der Waals surface area contributed by atoms with Gasteiger partial charge in [-0.15, -0.1) is 0 Å². The summed E-state index contributed by atoms with van der Waals surface area (Å²) in [7, 11) is 1.88. The lowest BCUT2D eigenvalue weighted by molar-refractivity contribution is 0.0940. The normalized spacial score (nSPS) is 10.9. The molecule has 2 heterocycles. The van der Waals surface area contributed by atoms with Crippen molar-refractivity contribution in [3.05, 3.63) is 83.9 Å². The molecule has 0 atom stereocenters. The standard InChI is InChI=1S/C22H20N2O3/c1-15-5-3-6-17(11-15)27-18-8-9-20-16(12-18)13-21(24(20)2)22(25)23-14-19-7-4-10-26-19/h3-13H,14H2,1-2H3,(H,23,25). The average molecular weight is 360 g/mol. The Morgan fingerprint density at radius 2 is 1.93 bits per heavy atom. The van der Waals surface area contributed by atoms with Crippen LogP contribution in [0, 0.1) is 6.92 Å². The zero-order chi connectivity index (χ0) is 18.8. The lowest BCUT2D eigenvalue weighted by Gasteiger charge is -2.07. The summed E-state index contributed by atoms with van der Waals surface area (Å²) >= 11 is 0. The van der Waals surface area contributed by atoms with Gasteiger partial charge in [0, 0.05) is 18.0 Å². The lowest BCUT2D eigenvalue weighted by atomic mass is 10.2. The Balaban J connectivity index is 1.56. The van der Waals surface area contributed by atoms with E-state index in [-0.39, 0.29) is 5.91 Å². The number of ether oxygens (including phenoxy) is 1. The molecular weight excluding hydrogens is 340 g/mol. The fourth-order valence-corrected chi connectivity index (χ4v) is 3.09. The van der Waals surface area contributed by atoms with Crippen molar-refractivity contribution in [1.29, 1.82) is 0 Å². The van der Waals surface area contributed by atoms with Crippen LogP contribution < -0.4 is 10.1 Å². The topological polar surface area (TPSA) is 56.4 Å². The smallest absolute Gasteiger partial charge is 0.268 e. The minimum absolute atomic E-state index is 0.147. The average Bonchev–Trinajstić information content (AvgIpc) is 3.28. The molecule has 0 saturated heterocycles. The quantitative estimate of drug-likeness (QED) is 0.556. The predicted octanol–water partition coefficient (Wildman–Crippen LogP) is 4.80. The molecule has 0 fully saturated rings. The van der Waals surface area contributed by atoms with Gasteiger partial charge in [0.15, 0.2) is 0 Å². The van der Waals surface area contributed by atoms with E-state index in [0.29, 0.717) is 12.2 Å². The van der Waals surface area contributed by atoms with Crippen molar-refractivity contribution < 1.29 is 13.9 Å². The van der Waals surface area contributed by atoms with Gasteiger partial charge < -0.3 is 19.0 Å². The summed E-state index contributed by atoms with van der Waals surface area (Å²) in [5, 5.41) is 3.83. The second-order valence-electron chi connectivity index (χ2n) is 6.49. The molecule has 4 rings (SSSR count). The number of hydrogen-bond acceptors (Lipinski definition) is 3. The Hall–Kier alpha value is -3.47. The monoisotopic (exact) mass is 360 g/mol. The second kappa shape index (κ2) is 7.03. The van der Waals surface area contributed by atoms with Crippen molar-refractivity contribution in [2.24, 2.45) is 7.05 Å². The Morgan fingerprint density at radius 3 is 2.70 bits per heavy atom. The Morgan fingerprint density at radius 1 is 1.07 bits per heavy atom. The Labute approximate surface area is 157 Å². The highest BCUT2D eigenvalue weighted by atomic mass is 16.5. The van der Waals surface area contributed by atoms with Crippen molar-refractivity contribution in [3.63, 3.8) is 0 Å². The van der Waals surface area contributed by atoms with Crippen molar-refractivity contribution >= 4 is 16.8 Å². The molecule has 5 nitrogen and oxygen atoms in total. The van der Waals surface area contributed by atoms with Crippen LogP contribution in [0.1, 0.15) is 21.8 Å². The third-order valence-electron chi connectivity index (χ3n) is 4.48. The third-order valence-corrected chi connectivity index (χ3v) is 4.48. The number of amides is 1. The SMILES string of the molecule is Cc1cccc(Oc2ccc3c(c2)cc(C(=O)NCc2ccco2)n3C)c1. The van der Waals surface area contributed by atoms with Crippen molar-refractivity contribution in [2.75, 3.05) is 0 Å². The highest BCUT2D eigenvalue weighted by Gasteiger charge is 2.14. The van der Waals surface area contributed by atoms with E-state index < -0.39 is 0 Å². The molecule has 0 radical (unpaired) electrons. The maximum Gasteiger partial charge on any atom is 0.268 e. The first-order chi connectivity index (χ1) is 13.1. The molecule has 2 aromatic heterocycles. The van der Waals surface area contributed by atoms with Gasteiger partial charge in [0.1, 0.15) is 23.0 Å². The van der Waals surface area contributed by atoms with E-state index in [2.05, 4.69) is 5.32 Å². The van der Waals surface area contributed by atoms with Gasteiger partial charge in [-0.25, -0.2) is 0 Å². The van der Waals surface area contributed by atoms with E-state index in [9.17, 15) is 4.79 Å². The molecule has 0 unspecified atom stereocenters. The molecule has 0 bridgehead atoms. The number of aryl methyl sites for hydroxylation is 2. The highest BCUT2D eigenvalue weighted by Crippen LogP contribution is 2.28. The molecule has 4 aromatic rings. The molecule has 0 aliphatic rings. The molecule has 5 heteroatoms. The Bertz CT molecular complexity index is 1090. The van der Waals surface area contributed by atoms with Crippen LogP contribution in [0.5, 0.6) is 11.5 Å². The molecule has 1 amide bonds. The number of carbonyl (C=O) groups is 1. The fourth-order valence-electron chi connectivity index (χ4n) is 3.09. The number of nitrogens with one attached hydrogen (secondary N) is 1. The zero-order valence-electron chi connectivity index (χ0n) is 15.2. The largest absolute Gasteiger partial charge is 0.467 e. The minimum atomic E-state index is -0.147. The molecule has 136 valence electrons. The van der Waals surface area contributed by atoms with Gasteiger partial charge in [0.2, 0.25) is 0 Å². The summed E-state index contributed by atoms with van der Waals surface area (Å²) in [5.41, 5.74) is 2.70. The lowest BCUT2D eigenvalue weighted by Crippen LogP contribution is -2.24. The number of aromatic nitrogens is 1. The van der Waals surface area contributed by atoms with Gasteiger partial charge in [-0.1, -0.05) is 12.1 Å². The number of carbonyl (C=O) groups excluding carboxylic acids is 1. The first kappa shape index (κ1) is 17.0. The van der Waals surface area contributed by atoms with Gasteiger partial charge in [-0.2, -0.15) is 0 Å². The van der Waals surface area contributed by atoms with E-state index in [1.165, 1.54) is 0 Å². The van der Waals surface area contributed by atoms with E-state index in [4.69, 9.17) is 9.15 Å². The molecular formula is C22H20N2O3. The molecule has 0 saturated carbocycles. The predicted molar refractivity (Wildman–Crippen MR) is 104 cm³/mol. The summed E-state index contributed by atoms with van der Waals surface area (Å²) in [6, 6.07) is 19.2. The zero-order valence-corrected chi connectivity index (χ0v) is 15.2. The number of furan rings is 1. The van der Waals surface area contributed by atoms with Gasteiger partial charge in [-0.3, -0.25) is 4.79 Å². The number of hydrogen-bond donors (Lipinski definition) is 1. The molecule has 1 N–H and O–H groups in total. The van der Waals surface area contributed by atoms with E-state index in [1.54, 1.807) is 12.3 Å². The van der Waals surface area contributed by atoms with Gasteiger partial charge in [0.25, 0.3) is 5.91 Å². The minimum Gasteiger partial charge on any atom is -0.467 e. The molecule has 0 aliphatic heterocycles. The van der Waals surface area contributed by atoms with Crippen LogP contribution in [0.4, 0.5) is 0 Å². The number of benzene rings is 2. The van der Waals surface area contributed by atoms with E-state index >= 15 is 0 Å². The van der Waals surface area contributed by atoms with E-state index in [0.717, 1.165) is 33.7 Å². The molecule has 0 aliphatic carbocycles. The van der Waals surface area contributed by atoms with Crippen molar-refractivity contribution in [1.82, 2.24) is 9.88 Å². The number of fused-ring (bicyclic) bond motifs is 1. The van der Waals surface area contributed by atoms with Crippen molar-refractivity contribution in [2.45, 2.75) is 13.5 Å². The fraction of sp³-hybridized carbons (Fsp3) is 0.136. The molecule has 27 heavy (non-hydrogen) atoms. The second-order valence-corrected chi connectivity index (χ2v) is 6.49. The molecule has 2 aromatic carbocycles. The van der Waals surface area contributed by atoms with Gasteiger partial charge in [0.05, 0.1) is 12.8 Å². The van der Waals surface area contributed by atoms with Gasteiger partial charge in [-0.05, 0) is 61.0 Å². The van der Waals surface area contributed by atoms with Crippen LogP contribution in [0.15, 0.2) is 71.3 Å². The van der Waals surface area contributed by atoms with Crippen LogP contribution in [0.3, 0.4) is 0 Å². The van der Waals surface area contributed by atoms with E-state index in [1.807, 2.05) is 73.1 Å². The summed E-state index contributed by atoms with van der Waals surface area (Å²) < 4.78 is 13.1. The first-order valence-corrected chi connectivity index (χ1v) is 8.75. The summed E-state index contributed by atoms with van der Waals surface area (Å²) in [6.07, 6.45) is 1.59. The first-order valence-electron chi connectivity index (χ1n) is 8.75. The number of rotatable bonds is 5. The highest BCUT2D eigenvalue weighted by molar-refractivity contribution is 5.99. The summed E-state index contributed by atoms with van der Waals surface area (Å²) in [4.78, 5) is 12.5. The van der Waals surface area contributed by atoms with Crippen LogP contribution in [-0.4, -0.2) is 10.5 Å². The Kier molecular flexibility index (Phi) is 4.42. The van der Waals surface area contributed by atoms with Crippen molar-refractivity contribution in [3.8, 4) is 11.5 Å². The summed E-state index contributed by atoms with van der Waals surface area (Å²) in [5.74, 6) is 2.10. The maximum atomic E-state index is 12.5. The number of nitrogens with zero attached hydrogens (tertiary/aromatic N) is 1.